The largest absolute Gasteiger partial charge is 0.352 e. The number of anilines is 1. The summed E-state index contributed by atoms with van der Waals surface area (Å²) in [5.41, 5.74) is 6.48. The summed E-state index contributed by atoms with van der Waals surface area (Å²) in [4.78, 5) is 12.2. The summed E-state index contributed by atoms with van der Waals surface area (Å²) in [6.07, 6.45) is 0. The summed E-state index contributed by atoms with van der Waals surface area (Å²) in [6, 6.07) is 9.43. The molecule has 0 saturated heterocycles. The van der Waals surface area contributed by atoms with Crippen molar-refractivity contribution in [2.45, 2.75) is 18.7 Å². The highest BCUT2D eigenvalue weighted by molar-refractivity contribution is 7.92. The number of carbonyl (C=O) groups is 1. The highest BCUT2D eigenvalue weighted by atomic mass is 32.2. The lowest BCUT2D eigenvalue weighted by molar-refractivity contribution is 0.0948. The predicted octanol–water partition coefficient (Wildman–Crippen LogP) is 2.26. The van der Waals surface area contributed by atoms with Gasteiger partial charge in [0, 0.05) is 17.8 Å². The van der Waals surface area contributed by atoms with Gasteiger partial charge in [-0.2, -0.15) is 0 Å². The number of carbonyl (C=O) groups excluding carboxylic acids is 1. The first-order valence-electron chi connectivity index (χ1n) is 8.10. The van der Waals surface area contributed by atoms with E-state index in [1.165, 1.54) is 18.2 Å². The fraction of sp³-hybridized carbons (Fsp3) is 0.278. The maximum Gasteiger partial charge on any atom is 0.262 e. The second kappa shape index (κ2) is 8.29. The van der Waals surface area contributed by atoms with Crippen LogP contribution in [0.25, 0.3) is 0 Å². The number of nitrogens with one attached hydrogen (secondary N) is 2. The van der Waals surface area contributed by atoms with Gasteiger partial charge >= 0.3 is 0 Å². The van der Waals surface area contributed by atoms with Gasteiger partial charge in [0.05, 0.1) is 4.90 Å². The quantitative estimate of drug-likeness (QED) is 0.687. The monoisotopic (exact) mass is 379 g/mol. The number of sulfonamides is 1. The lowest BCUT2D eigenvalue weighted by atomic mass is 10.1. The number of halogens is 1. The summed E-state index contributed by atoms with van der Waals surface area (Å²) < 4.78 is 40.6. The average Bonchev–Trinajstić information content (AvgIpc) is 2.61. The molecule has 2 rings (SSSR count). The van der Waals surface area contributed by atoms with Gasteiger partial charge in [0.1, 0.15) is 5.82 Å². The number of amides is 1. The normalized spacial score (nSPS) is 12.5. The molecule has 0 radical (unpaired) electrons. The summed E-state index contributed by atoms with van der Waals surface area (Å²) in [6.45, 7) is 4.38. The third kappa shape index (κ3) is 5.03. The van der Waals surface area contributed by atoms with Crippen LogP contribution in [0.2, 0.25) is 0 Å². The summed E-state index contributed by atoms with van der Waals surface area (Å²) in [5, 5.41) is 2.73. The van der Waals surface area contributed by atoms with Crippen LogP contribution >= 0.6 is 0 Å². The second-order valence-corrected chi connectivity index (χ2v) is 7.79. The molecule has 0 aliphatic heterocycles. The van der Waals surface area contributed by atoms with Crippen molar-refractivity contribution in [3.8, 4) is 0 Å². The number of nitrogens with two attached hydrogens (primary N) is 1. The number of benzene rings is 2. The van der Waals surface area contributed by atoms with Gasteiger partial charge in [-0.3, -0.25) is 9.52 Å². The molecule has 0 saturated carbocycles. The summed E-state index contributed by atoms with van der Waals surface area (Å²) in [5.74, 6) is -0.717. The number of hydrogen-bond acceptors (Lipinski definition) is 4. The maximum absolute atomic E-state index is 13.0. The molecule has 2 aromatic carbocycles. The topological polar surface area (TPSA) is 101 Å². The van der Waals surface area contributed by atoms with E-state index in [1.807, 2.05) is 6.92 Å². The second-order valence-electron chi connectivity index (χ2n) is 6.14. The molecule has 6 nitrogen and oxygen atoms in total. The molecular formula is C18H22FN3O3S. The standard InChI is InChI=1S/C18H22FN3O3S/c1-12(10-20)11-21-18(23)14-4-3-13(2)17(9-14)26(24,25)22-16-7-5-15(19)6-8-16/h3-9,12,22H,10-11,20H2,1-2H3,(H,21,23). The Labute approximate surface area is 152 Å². The van der Waals surface area contributed by atoms with E-state index in [1.54, 1.807) is 19.1 Å². The van der Waals surface area contributed by atoms with E-state index in [0.717, 1.165) is 12.1 Å². The van der Waals surface area contributed by atoms with E-state index in [4.69, 9.17) is 5.73 Å². The van der Waals surface area contributed by atoms with Crippen molar-refractivity contribution >= 4 is 21.6 Å². The molecular weight excluding hydrogens is 357 g/mol. The predicted molar refractivity (Wildman–Crippen MR) is 98.9 cm³/mol. The van der Waals surface area contributed by atoms with Gasteiger partial charge in [-0.15, -0.1) is 0 Å². The first kappa shape index (κ1) is 19.9. The van der Waals surface area contributed by atoms with Gasteiger partial charge in [0.2, 0.25) is 0 Å². The first-order chi connectivity index (χ1) is 12.2. The van der Waals surface area contributed by atoms with E-state index < -0.39 is 15.8 Å². The Morgan fingerprint density at radius 1 is 1.19 bits per heavy atom. The van der Waals surface area contributed by atoms with Crippen LogP contribution in [0.15, 0.2) is 47.4 Å². The van der Waals surface area contributed by atoms with Crippen molar-refractivity contribution in [3.05, 3.63) is 59.4 Å². The smallest absolute Gasteiger partial charge is 0.262 e. The first-order valence-corrected chi connectivity index (χ1v) is 9.58. The van der Waals surface area contributed by atoms with E-state index in [0.29, 0.717) is 18.7 Å². The highest BCUT2D eigenvalue weighted by Crippen LogP contribution is 2.21. The van der Waals surface area contributed by atoms with Crippen molar-refractivity contribution in [1.29, 1.82) is 0 Å². The van der Waals surface area contributed by atoms with Crippen LogP contribution in [0.4, 0.5) is 10.1 Å². The molecule has 26 heavy (non-hydrogen) atoms. The fourth-order valence-electron chi connectivity index (χ4n) is 2.21. The summed E-state index contributed by atoms with van der Waals surface area (Å²) in [7, 11) is -3.92. The summed E-state index contributed by atoms with van der Waals surface area (Å²) >= 11 is 0. The van der Waals surface area contributed by atoms with Crippen molar-refractivity contribution in [3.63, 3.8) is 0 Å². The van der Waals surface area contributed by atoms with Crippen LogP contribution in [0.5, 0.6) is 0 Å². The van der Waals surface area contributed by atoms with Crippen LogP contribution in [0, 0.1) is 18.7 Å². The molecule has 0 fully saturated rings. The zero-order chi connectivity index (χ0) is 19.3. The minimum absolute atomic E-state index is 0.0126. The van der Waals surface area contributed by atoms with Gasteiger partial charge in [-0.05, 0) is 61.3 Å². The van der Waals surface area contributed by atoms with E-state index in [-0.39, 0.29) is 28.0 Å². The Morgan fingerprint density at radius 3 is 2.46 bits per heavy atom. The van der Waals surface area contributed by atoms with Crippen LogP contribution < -0.4 is 15.8 Å². The average molecular weight is 379 g/mol. The molecule has 4 N–H and O–H groups in total. The third-order valence-electron chi connectivity index (χ3n) is 3.85. The van der Waals surface area contributed by atoms with Gasteiger partial charge in [0.15, 0.2) is 0 Å². The molecule has 140 valence electrons. The van der Waals surface area contributed by atoms with E-state index in [2.05, 4.69) is 10.0 Å². The molecule has 0 aliphatic rings. The van der Waals surface area contributed by atoms with Crippen molar-refractivity contribution in [2.24, 2.45) is 11.7 Å². The third-order valence-corrected chi connectivity index (χ3v) is 5.37. The van der Waals surface area contributed by atoms with Crippen LogP contribution in [-0.2, 0) is 10.0 Å². The van der Waals surface area contributed by atoms with E-state index >= 15 is 0 Å². The Bertz CT molecular complexity index is 883. The Balaban J connectivity index is 2.25. The van der Waals surface area contributed by atoms with Gasteiger partial charge < -0.3 is 11.1 Å². The number of rotatable bonds is 7. The van der Waals surface area contributed by atoms with Crippen LogP contribution in [0.3, 0.4) is 0 Å². The number of aryl methyl sites for hydroxylation is 1. The SMILES string of the molecule is Cc1ccc(C(=O)NCC(C)CN)cc1S(=O)(=O)Nc1ccc(F)cc1. The molecule has 0 aliphatic carbocycles. The number of hydrogen-bond donors (Lipinski definition) is 3. The van der Waals surface area contributed by atoms with Crippen LogP contribution in [-0.4, -0.2) is 27.4 Å². The molecule has 8 heteroatoms. The minimum Gasteiger partial charge on any atom is -0.352 e. The molecule has 0 aromatic heterocycles. The van der Waals surface area contributed by atoms with Crippen molar-refractivity contribution < 1.29 is 17.6 Å². The van der Waals surface area contributed by atoms with Gasteiger partial charge in [0.25, 0.3) is 15.9 Å². The zero-order valence-corrected chi connectivity index (χ0v) is 15.4. The van der Waals surface area contributed by atoms with E-state index in [9.17, 15) is 17.6 Å². The zero-order valence-electron chi connectivity index (χ0n) is 14.6. The van der Waals surface area contributed by atoms with Gasteiger partial charge in [-0.25, -0.2) is 12.8 Å². The van der Waals surface area contributed by atoms with Crippen molar-refractivity contribution in [2.75, 3.05) is 17.8 Å². The maximum atomic E-state index is 13.0. The Morgan fingerprint density at radius 2 is 1.85 bits per heavy atom. The molecule has 2 aromatic rings. The molecule has 1 amide bonds. The lowest BCUT2D eigenvalue weighted by Crippen LogP contribution is -2.31. The molecule has 0 spiro atoms. The van der Waals surface area contributed by atoms with Crippen molar-refractivity contribution in [1.82, 2.24) is 5.32 Å². The Kier molecular flexibility index (Phi) is 6.33. The fourth-order valence-corrected chi connectivity index (χ4v) is 3.54. The Hall–Kier alpha value is -2.45. The van der Waals surface area contributed by atoms with Gasteiger partial charge in [-0.1, -0.05) is 13.0 Å². The molecule has 0 heterocycles. The molecule has 1 atom stereocenters. The molecule has 0 bridgehead atoms. The highest BCUT2D eigenvalue weighted by Gasteiger charge is 2.19. The molecule has 1 unspecified atom stereocenters. The lowest BCUT2D eigenvalue weighted by Gasteiger charge is -2.13. The van der Waals surface area contributed by atoms with Crippen LogP contribution in [0.1, 0.15) is 22.8 Å². The minimum atomic E-state index is -3.92.